The van der Waals surface area contributed by atoms with E-state index in [1.807, 2.05) is 0 Å². The number of amides is 2. The molecule has 9 heteroatoms. The molecule has 1 atom stereocenters. The number of pyridine rings is 1. The normalized spacial score (nSPS) is 16.2. The molecule has 1 saturated heterocycles. The average Bonchev–Trinajstić information content (AvgIpc) is 3.26. The zero-order valence-corrected chi connectivity index (χ0v) is 16.9. The second-order valence-electron chi connectivity index (χ2n) is 7.30. The Morgan fingerprint density at radius 1 is 1.42 bits per heavy atom. The van der Waals surface area contributed by atoms with Crippen molar-refractivity contribution in [3.05, 3.63) is 59.2 Å². The monoisotopic (exact) mass is 427 g/mol. The van der Waals surface area contributed by atoms with Crippen LogP contribution in [0.3, 0.4) is 0 Å². The molecule has 1 fully saturated rings. The highest BCUT2D eigenvalue weighted by Crippen LogP contribution is 2.28. The summed E-state index contributed by atoms with van der Waals surface area (Å²) >= 11 is 0. The standard InChI is InChI=1S/C22H22FN3O5/c1-13-20(21(28)25-17-6-7-26(8-9-27)22(17)29)15-10-19(24-11-18(15)31-13)30-12-14-4-2-3-5-16(14)23/h2-5,10-11,17,27H,6-9,12H2,1H3,(H,25,28). The molecule has 0 radical (unpaired) electrons. The first kappa shape index (κ1) is 20.8. The molecule has 1 aliphatic heterocycles. The van der Waals surface area contributed by atoms with E-state index in [4.69, 9.17) is 14.3 Å². The molecule has 3 aromatic rings. The van der Waals surface area contributed by atoms with Crippen LogP contribution >= 0.6 is 0 Å². The van der Waals surface area contributed by atoms with E-state index in [1.165, 1.54) is 17.2 Å². The number of nitrogens with one attached hydrogen (secondary N) is 1. The largest absolute Gasteiger partial charge is 0.473 e. The Morgan fingerprint density at radius 3 is 3.00 bits per heavy atom. The summed E-state index contributed by atoms with van der Waals surface area (Å²) in [5.41, 5.74) is 1.08. The number of hydrogen-bond donors (Lipinski definition) is 2. The van der Waals surface area contributed by atoms with Gasteiger partial charge in [0.25, 0.3) is 5.91 Å². The van der Waals surface area contributed by atoms with Crippen LogP contribution in [0.1, 0.15) is 28.1 Å². The number of rotatable bonds is 7. The number of hydrogen-bond acceptors (Lipinski definition) is 6. The number of carbonyl (C=O) groups excluding carboxylic acids is 2. The number of aliphatic hydroxyl groups excluding tert-OH is 1. The summed E-state index contributed by atoms with van der Waals surface area (Å²) in [6, 6.07) is 7.20. The van der Waals surface area contributed by atoms with Crippen molar-refractivity contribution in [2.75, 3.05) is 19.7 Å². The molecule has 4 rings (SSSR count). The van der Waals surface area contributed by atoms with E-state index in [0.29, 0.717) is 40.8 Å². The van der Waals surface area contributed by atoms with Gasteiger partial charge in [-0.3, -0.25) is 9.59 Å². The number of ether oxygens (including phenoxy) is 1. The Kier molecular flexibility index (Phi) is 5.85. The molecule has 31 heavy (non-hydrogen) atoms. The molecule has 2 N–H and O–H groups in total. The van der Waals surface area contributed by atoms with Crippen LogP contribution in [-0.2, 0) is 11.4 Å². The lowest BCUT2D eigenvalue weighted by atomic mass is 10.1. The van der Waals surface area contributed by atoms with Gasteiger partial charge in [0, 0.05) is 30.1 Å². The van der Waals surface area contributed by atoms with Crippen LogP contribution in [0.5, 0.6) is 5.88 Å². The Morgan fingerprint density at radius 2 is 2.23 bits per heavy atom. The van der Waals surface area contributed by atoms with Crippen molar-refractivity contribution in [3.8, 4) is 5.88 Å². The van der Waals surface area contributed by atoms with Crippen LogP contribution in [0.25, 0.3) is 11.0 Å². The second kappa shape index (κ2) is 8.73. The number of benzene rings is 1. The first-order valence-electron chi connectivity index (χ1n) is 9.93. The maximum Gasteiger partial charge on any atom is 0.256 e. The molecule has 1 aromatic carbocycles. The van der Waals surface area contributed by atoms with Gasteiger partial charge in [-0.05, 0) is 19.4 Å². The van der Waals surface area contributed by atoms with Crippen molar-refractivity contribution in [2.24, 2.45) is 0 Å². The number of aryl methyl sites for hydroxylation is 1. The lowest BCUT2D eigenvalue weighted by Gasteiger charge is -2.15. The van der Waals surface area contributed by atoms with Gasteiger partial charge in [-0.25, -0.2) is 9.37 Å². The Hall–Kier alpha value is -3.46. The predicted octanol–water partition coefficient (Wildman–Crippen LogP) is 2.18. The molecule has 1 unspecified atom stereocenters. The highest BCUT2D eigenvalue weighted by Gasteiger charge is 2.33. The smallest absolute Gasteiger partial charge is 0.256 e. The average molecular weight is 427 g/mol. The van der Waals surface area contributed by atoms with Crippen molar-refractivity contribution >= 4 is 22.8 Å². The first-order valence-corrected chi connectivity index (χ1v) is 9.93. The van der Waals surface area contributed by atoms with E-state index in [9.17, 15) is 14.0 Å². The minimum absolute atomic E-state index is 0.0131. The third-order valence-electron chi connectivity index (χ3n) is 5.26. The van der Waals surface area contributed by atoms with Crippen LogP contribution < -0.4 is 10.1 Å². The predicted molar refractivity (Wildman–Crippen MR) is 109 cm³/mol. The van der Waals surface area contributed by atoms with Gasteiger partial charge in [0.15, 0.2) is 5.58 Å². The summed E-state index contributed by atoms with van der Waals surface area (Å²) in [7, 11) is 0. The fourth-order valence-electron chi connectivity index (χ4n) is 3.68. The quantitative estimate of drug-likeness (QED) is 0.599. The fraction of sp³-hybridized carbons (Fsp3) is 0.318. The number of furan rings is 1. The van der Waals surface area contributed by atoms with Crippen molar-refractivity contribution in [1.82, 2.24) is 15.2 Å². The van der Waals surface area contributed by atoms with Gasteiger partial charge in [-0.15, -0.1) is 0 Å². The molecule has 2 amide bonds. The zero-order chi connectivity index (χ0) is 22.0. The van der Waals surface area contributed by atoms with Gasteiger partial charge < -0.3 is 24.5 Å². The summed E-state index contributed by atoms with van der Waals surface area (Å²) in [4.78, 5) is 31.0. The molecule has 2 aromatic heterocycles. The van der Waals surface area contributed by atoms with Crippen LogP contribution in [0.4, 0.5) is 4.39 Å². The molecular formula is C22H22FN3O5. The summed E-state index contributed by atoms with van der Waals surface area (Å²) in [5, 5.41) is 12.3. The number of likely N-dealkylation sites (tertiary alicyclic amines) is 1. The first-order chi connectivity index (χ1) is 15.0. The SMILES string of the molecule is Cc1oc2cnc(OCc3ccccc3F)cc2c1C(=O)NC1CCN(CCO)C1=O. The van der Waals surface area contributed by atoms with Crippen molar-refractivity contribution in [2.45, 2.75) is 26.0 Å². The number of aliphatic hydroxyl groups is 1. The zero-order valence-electron chi connectivity index (χ0n) is 16.9. The van der Waals surface area contributed by atoms with E-state index in [0.717, 1.165) is 0 Å². The van der Waals surface area contributed by atoms with Crippen molar-refractivity contribution < 1.29 is 28.2 Å². The van der Waals surface area contributed by atoms with Gasteiger partial charge in [0.1, 0.15) is 24.2 Å². The topological polar surface area (TPSA) is 105 Å². The van der Waals surface area contributed by atoms with Crippen LogP contribution in [0, 0.1) is 12.7 Å². The molecule has 8 nitrogen and oxygen atoms in total. The van der Waals surface area contributed by atoms with E-state index >= 15 is 0 Å². The number of carbonyl (C=O) groups is 2. The van der Waals surface area contributed by atoms with E-state index in [-0.39, 0.29) is 37.4 Å². The fourth-order valence-corrected chi connectivity index (χ4v) is 3.68. The maximum atomic E-state index is 13.8. The summed E-state index contributed by atoms with van der Waals surface area (Å²) < 4.78 is 25.1. The molecule has 3 heterocycles. The van der Waals surface area contributed by atoms with E-state index in [2.05, 4.69) is 10.3 Å². The highest BCUT2D eigenvalue weighted by molar-refractivity contribution is 6.08. The molecule has 162 valence electrons. The molecule has 0 bridgehead atoms. The second-order valence-corrected chi connectivity index (χ2v) is 7.30. The van der Waals surface area contributed by atoms with Crippen LogP contribution in [0.15, 0.2) is 40.9 Å². The summed E-state index contributed by atoms with van der Waals surface area (Å²) in [5.74, 6) is -0.427. The molecule has 0 saturated carbocycles. The van der Waals surface area contributed by atoms with Gasteiger partial charge in [-0.1, -0.05) is 18.2 Å². The van der Waals surface area contributed by atoms with Gasteiger partial charge in [0.2, 0.25) is 11.8 Å². The number of halogens is 1. The minimum Gasteiger partial charge on any atom is -0.473 e. The maximum absolute atomic E-state index is 13.8. The molecular weight excluding hydrogens is 405 g/mol. The molecule has 0 aliphatic carbocycles. The summed E-state index contributed by atoms with van der Waals surface area (Å²) in [6.45, 7) is 2.24. The van der Waals surface area contributed by atoms with Crippen molar-refractivity contribution in [1.29, 1.82) is 0 Å². The minimum atomic E-state index is -0.651. The number of nitrogens with zero attached hydrogens (tertiary/aromatic N) is 2. The third kappa shape index (κ3) is 4.22. The van der Waals surface area contributed by atoms with E-state index in [1.54, 1.807) is 31.2 Å². The lowest BCUT2D eigenvalue weighted by Crippen LogP contribution is -2.42. The van der Waals surface area contributed by atoms with Crippen molar-refractivity contribution in [3.63, 3.8) is 0 Å². The Balaban J connectivity index is 1.53. The van der Waals surface area contributed by atoms with Crippen LogP contribution in [-0.4, -0.2) is 52.5 Å². The number of fused-ring (bicyclic) bond motifs is 1. The molecule has 1 aliphatic rings. The molecule has 0 spiro atoms. The summed E-state index contributed by atoms with van der Waals surface area (Å²) in [6.07, 6.45) is 1.91. The van der Waals surface area contributed by atoms with Gasteiger partial charge in [-0.2, -0.15) is 0 Å². The number of β-amino-alcohol motifs (C(OH)–C–C–N with tert-alkyl or cyclic N) is 1. The van der Waals surface area contributed by atoms with Crippen LogP contribution in [0.2, 0.25) is 0 Å². The van der Waals surface area contributed by atoms with E-state index < -0.39 is 11.9 Å². The lowest BCUT2D eigenvalue weighted by molar-refractivity contribution is -0.129. The van der Waals surface area contributed by atoms with Gasteiger partial charge in [0.05, 0.1) is 18.4 Å². The number of aromatic nitrogens is 1. The Labute approximate surface area is 177 Å². The highest BCUT2D eigenvalue weighted by atomic mass is 19.1. The Bertz CT molecular complexity index is 1130. The third-order valence-corrected chi connectivity index (χ3v) is 5.26. The van der Waals surface area contributed by atoms with Gasteiger partial charge >= 0.3 is 0 Å².